The van der Waals surface area contributed by atoms with E-state index in [0.29, 0.717) is 18.5 Å². The van der Waals surface area contributed by atoms with E-state index in [2.05, 4.69) is 10.3 Å². The van der Waals surface area contributed by atoms with Gasteiger partial charge >= 0.3 is 0 Å². The summed E-state index contributed by atoms with van der Waals surface area (Å²) in [4.78, 5) is 16.1. The average molecular weight is 247 g/mol. The molecular formula is C13H17N3O2. The Balaban J connectivity index is 2.08. The van der Waals surface area contributed by atoms with Crippen molar-refractivity contribution in [2.45, 2.75) is 19.4 Å². The van der Waals surface area contributed by atoms with E-state index < -0.39 is 6.10 Å². The first-order valence-electron chi connectivity index (χ1n) is 5.95. The number of nitrogens with zero attached hydrogens (tertiary/aromatic N) is 2. The van der Waals surface area contributed by atoms with Crippen molar-refractivity contribution in [2.24, 2.45) is 7.05 Å². The van der Waals surface area contributed by atoms with Crippen LogP contribution in [0.5, 0.6) is 0 Å². The highest BCUT2D eigenvalue weighted by Gasteiger charge is 2.08. The lowest BCUT2D eigenvalue weighted by Crippen LogP contribution is -2.26. The largest absolute Gasteiger partial charge is 0.393 e. The van der Waals surface area contributed by atoms with Crippen LogP contribution in [0.1, 0.15) is 23.7 Å². The van der Waals surface area contributed by atoms with E-state index in [1.165, 1.54) is 0 Å². The summed E-state index contributed by atoms with van der Waals surface area (Å²) in [5.41, 5.74) is 2.39. The highest BCUT2D eigenvalue weighted by atomic mass is 16.3. The highest BCUT2D eigenvalue weighted by molar-refractivity contribution is 5.97. The van der Waals surface area contributed by atoms with Gasteiger partial charge in [0.15, 0.2) is 0 Å². The Morgan fingerprint density at radius 1 is 1.56 bits per heavy atom. The van der Waals surface area contributed by atoms with Crippen LogP contribution in [-0.2, 0) is 7.05 Å². The lowest BCUT2D eigenvalue weighted by Gasteiger charge is -2.06. The van der Waals surface area contributed by atoms with Gasteiger partial charge in [0.1, 0.15) is 0 Å². The van der Waals surface area contributed by atoms with Gasteiger partial charge in [0, 0.05) is 19.2 Å². The van der Waals surface area contributed by atoms with E-state index in [1.807, 2.05) is 17.7 Å². The minimum absolute atomic E-state index is 0.136. The summed E-state index contributed by atoms with van der Waals surface area (Å²) in [6.07, 6.45) is 1.88. The third-order valence-electron chi connectivity index (χ3n) is 2.84. The lowest BCUT2D eigenvalue weighted by atomic mass is 10.2. The number of benzene rings is 1. The molecule has 96 valence electrons. The summed E-state index contributed by atoms with van der Waals surface area (Å²) in [5.74, 6) is -0.136. The fourth-order valence-corrected chi connectivity index (χ4v) is 1.77. The number of hydrogen-bond acceptors (Lipinski definition) is 3. The fraction of sp³-hybridized carbons (Fsp3) is 0.385. The molecule has 0 spiro atoms. The highest BCUT2D eigenvalue weighted by Crippen LogP contribution is 2.13. The first-order chi connectivity index (χ1) is 8.58. The molecule has 1 aromatic heterocycles. The van der Waals surface area contributed by atoms with Gasteiger partial charge in [-0.2, -0.15) is 0 Å². The maximum Gasteiger partial charge on any atom is 0.251 e. The van der Waals surface area contributed by atoms with Gasteiger partial charge < -0.3 is 15.0 Å². The van der Waals surface area contributed by atoms with Gasteiger partial charge in [0.05, 0.1) is 23.5 Å². The van der Waals surface area contributed by atoms with Crippen molar-refractivity contribution in [3.8, 4) is 0 Å². The van der Waals surface area contributed by atoms with Crippen molar-refractivity contribution in [3.63, 3.8) is 0 Å². The van der Waals surface area contributed by atoms with Gasteiger partial charge in [-0.05, 0) is 31.5 Å². The first kappa shape index (κ1) is 12.6. The second-order valence-electron chi connectivity index (χ2n) is 4.45. The molecule has 0 fully saturated rings. The number of amides is 1. The fourth-order valence-electron chi connectivity index (χ4n) is 1.77. The maximum absolute atomic E-state index is 11.8. The summed E-state index contributed by atoms with van der Waals surface area (Å²) in [5, 5.41) is 11.9. The van der Waals surface area contributed by atoms with Crippen LogP contribution in [0.3, 0.4) is 0 Å². The Morgan fingerprint density at radius 2 is 2.33 bits per heavy atom. The molecule has 5 nitrogen and oxygen atoms in total. The molecule has 2 N–H and O–H groups in total. The van der Waals surface area contributed by atoms with Crippen molar-refractivity contribution >= 4 is 16.9 Å². The quantitative estimate of drug-likeness (QED) is 0.849. The minimum Gasteiger partial charge on any atom is -0.393 e. The van der Waals surface area contributed by atoms with Crippen LogP contribution in [0.4, 0.5) is 0 Å². The van der Waals surface area contributed by atoms with Gasteiger partial charge in [-0.3, -0.25) is 4.79 Å². The summed E-state index contributed by atoms with van der Waals surface area (Å²) in [6, 6.07) is 5.43. The van der Waals surface area contributed by atoms with Crippen molar-refractivity contribution < 1.29 is 9.90 Å². The molecule has 2 aromatic rings. The Morgan fingerprint density at radius 3 is 3.06 bits per heavy atom. The number of imidazole rings is 1. The molecule has 0 aliphatic rings. The van der Waals surface area contributed by atoms with Gasteiger partial charge in [-0.15, -0.1) is 0 Å². The van der Waals surface area contributed by atoms with E-state index in [1.54, 1.807) is 25.4 Å². The number of aromatic nitrogens is 2. The van der Waals surface area contributed by atoms with Crippen LogP contribution in [0, 0.1) is 0 Å². The Labute approximate surface area is 105 Å². The molecule has 1 amide bonds. The number of fused-ring (bicyclic) bond motifs is 1. The maximum atomic E-state index is 11.8. The van der Waals surface area contributed by atoms with E-state index in [4.69, 9.17) is 5.11 Å². The molecule has 1 aromatic carbocycles. The molecule has 0 radical (unpaired) electrons. The molecule has 18 heavy (non-hydrogen) atoms. The summed E-state index contributed by atoms with van der Waals surface area (Å²) >= 11 is 0. The smallest absolute Gasteiger partial charge is 0.251 e. The molecule has 0 bridgehead atoms. The van der Waals surface area contributed by atoms with Gasteiger partial charge in [-0.25, -0.2) is 4.98 Å². The van der Waals surface area contributed by atoms with Crippen molar-refractivity contribution in [1.82, 2.24) is 14.9 Å². The standard InChI is InChI=1S/C13H17N3O2/c1-9(17)5-6-14-13(18)10-3-4-12-11(7-10)15-8-16(12)2/h3-4,7-9,17H,5-6H2,1-2H3,(H,14,18). The molecule has 0 saturated heterocycles. The molecule has 0 saturated carbocycles. The van der Waals surface area contributed by atoms with Crippen LogP contribution in [0.15, 0.2) is 24.5 Å². The predicted octanol–water partition coefficient (Wildman–Crippen LogP) is 1.07. The summed E-state index contributed by atoms with van der Waals surface area (Å²) in [6.45, 7) is 2.17. The predicted molar refractivity (Wildman–Crippen MR) is 69.3 cm³/mol. The normalized spacial score (nSPS) is 12.6. The summed E-state index contributed by atoms with van der Waals surface area (Å²) in [7, 11) is 1.91. The van der Waals surface area contributed by atoms with Gasteiger partial charge in [0.25, 0.3) is 5.91 Å². The molecule has 5 heteroatoms. The van der Waals surface area contributed by atoms with E-state index >= 15 is 0 Å². The number of aliphatic hydroxyl groups is 1. The van der Waals surface area contributed by atoms with E-state index in [0.717, 1.165) is 11.0 Å². The van der Waals surface area contributed by atoms with Gasteiger partial charge in [-0.1, -0.05) is 0 Å². The zero-order chi connectivity index (χ0) is 13.1. The topological polar surface area (TPSA) is 67.2 Å². The Bertz CT molecular complexity index is 560. The Kier molecular flexibility index (Phi) is 3.62. The number of rotatable bonds is 4. The number of hydrogen-bond donors (Lipinski definition) is 2. The Hall–Kier alpha value is -1.88. The molecule has 1 atom stereocenters. The third kappa shape index (κ3) is 2.68. The molecule has 1 unspecified atom stereocenters. The number of aliphatic hydroxyl groups excluding tert-OH is 1. The average Bonchev–Trinajstić information content (AvgIpc) is 2.70. The van der Waals surface area contributed by atoms with Crippen LogP contribution in [0.25, 0.3) is 11.0 Å². The van der Waals surface area contributed by atoms with Crippen molar-refractivity contribution in [2.75, 3.05) is 6.54 Å². The number of carbonyl (C=O) groups is 1. The first-order valence-corrected chi connectivity index (χ1v) is 5.95. The van der Waals surface area contributed by atoms with Crippen molar-refractivity contribution in [3.05, 3.63) is 30.1 Å². The lowest BCUT2D eigenvalue weighted by molar-refractivity contribution is 0.0945. The minimum atomic E-state index is -0.399. The zero-order valence-corrected chi connectivity index (χ0v) is 10.6. The third-order valence-corrected chi connectivity index (χ3v) is 2.84. The number of aryl methyl sites for hydroxylation is 1. The number of nitrogens with one attached hydrogen (secondary N) is 1. The van der Waals surface area contributed by atoms with E-state index in [9.17, 15) is 4.79 Å². The van der Waals surface area contributed by atoms with Gasteiger partial charge in [0.2, 0.25) is 0 Å². The molecule has 0 aliphatic carbocycles. The zero-order valence-electron chi connectivity index (χ0n) is 10.6. The second-order valence-corrected chi connectivity index (χ2v) is 4.45. The van der Waals surface area contributed by atoms with Crippen LogP contribution < -0.4 is 5.32 Å². The van der Waals surface area contributed by atoms with Crippen molar-refractivity contribution in [1.29, 1.82) is 0 Å². The SMILES string of the molecule is CC(O)CCNC(=O)c1ccc2c(c1)ncn2C. The monoisotopic (exact) mass is 247 g/mol. The molecule has 0 aliphatic heterocycles. The van der Waals surface area contributed by atoms with Crippen LogP contribution in [0.2, 0.25) is 0 Å². The van der Waals surface area contributed by atoms with Crippen LogP contribution in [-0.4, -0.2) is 33.2 Å². The summed E-state index contributed by atoms with van der Waals surface area (Å²) < 4.78 is 1.91. The molecule has 2 rings (SSSR count). The van der Waals surface area contributed by atoms with Crippen LogP contribution >= 0.6 is 0 Å². The molecular weight excluding hydrogens is 230 g/mol. The number of carbonyl (C=O) groups excluding carboxylic acids is 1. The molecule has 1 heterocycles. The van der Waals surface area contributed by atoms with E-state index in [-0.39, 0.29) is 5.91 Å². The second kappa shape index (κ2) is 5.18.